The van der Waals surface area contributed by atoms with E-state index in [2.05, 4.69) is 5.32 Å². The van der Waals surface area contributed by atoms with E-state index in [9.17, 15) is 41.0 Å². The second kappa shape index (κ2) is 13.7. The third-order valence-corrected chi connectivity index (χ3v) is 7.38. The third kappa shape index (κ3) is 7.40. The smallest absolute Gasteiger partial charge is 0.430 e. The Labute approximate surface area is 258 Å². The van der Waals surface area contributed by atoms with Gasteiger partial charge < -0.3 is 19.9 Å². The lowest BCUT2D eigenvalue weighted by molar-refractivity contribution is -0.376. The molecule has 1 aliphatic rings. The zero-order valence-corrected chi connectivity index (χ0v) is 25.7. The summed E-state index contributed by atoms with van der Waals surface area (Å²) in [5.41, 5.74) is -6.93. The fourth-order valence-corrected chi connectivity index (χ4v) is 5.12. The Morgan fingerprint density at radius 2 is 1.47 bits per heavy atom. The van der Waals surface area contributed by atoms with Crippen molar-refractivity contribution in [2.45, 2.75) is 89.9 Å². The van der Waals surface area contributed by atoms with Gasteiger partial charge in [-0.15, -0.1) is 0 Å². The van der Waals surface area contributed by atoms with Crippen LogP contribution in [0.15, 0.2) is 48.6 Å². The number of alkyl halides is 6. The van der Waals surface area contributed by atoms with Gasteiger partial charge in [0.05, 0.1) is 6.10 Å². The minimum atomic E-state index is -6.01. The number of carbonyl (C=O) groups excluding carboxylic acids is 2. The van der Waals surface area contributed by atoms with Gasteiger partial charge in [0, 0.05) is 12.1 Å². The lowest BCUT2D eigenvalue weighted by Crippen LogP contribution is -2.54. The van der Waals surface area contributed by atoms with E-state index in [0.717, 1.165) is 4.90 Å². The van der Waals surface area contributed by atoms with Crippen LogP contribution >= 0.6 is 0 Å². The van der Waals surface area contributed by atoms with Gasteiger partial charge in [0.25, 0.3) is 11.5 Å². The first-order valence-electron chi connectivity index (χ1n) is 14.6. The van der Waals surface area contributed by atoms with Gasteiger partial charge >= 0.3 is 18.4 Å². The molecular formula is C32H38F6N2O5. The van der Waals surface area contributed by atoms with Gasteiger partial charge in [0.1, 0.15) is 23.6 Å². The number of hydrogen-bond donors (Lipinski definition) is 2. The molecule has 2 N–H and O–H groups in total. The highest BCUT2D eigenvalue weighted by Gasteiger charge is 2.71. The van der Waals surface area contributed by atoms with Gasteiger partial charge in [-0.1, -0.05) is 44.9 Å². The highest BCUT2D eigenvalue weighted by Crippen LogP contribution is 2.51. The van der Waals surface area contributed by atoms with Crippen molar-refractivity contribution in [3.63, 3.8) is 0 Å². The van der Waals surface area contributed by atoms with E-state index in [1.807, 2.05) is 13.8 Å². The van der Waals surface area contributed by atoms with Gasteiger partial charge in [-0.3, -0.25) is 9.69 Å². The first-order valence-corrected chi connectivity index (χ1v) is 14.6. The molecule has 0 radical (unpaired) electrons. The van der Waals surface area contributed by atoms with Crippen LogP contribution in [0.2, 0.25) is 0 Å². The molecule has 3 amide bonds. The van der Waals surface area contributed by atoms with E-state index in [1.54, 1.807) is 45.0 Å². The van der Waals surface area contributed by atoms with Crippen LogP contribution in [0.4, 0.5) is 31.1 Å². The Morgan fingerprint density at radius 3 is 1.93 bits per heavy atom. The maximum absolute atomic E-state index is 13.6. The summed E-state index contributed by atoms with van der Waals surface area (Å²) in [4.78, 5) is 26.9. The van der Waals surface area contributed by atoms with Crippen molar-refractivity contribution in [3.8, 4) is 11.5 Å². The molecule has 1 saturated heterocycles. The molecule has 3 rings (SSSR count). The van der Waals surface area contributed by atoms with Gasteiger partial charge in [-0.25, -0.2) is 4.79 Å². The summed E-state index contributed by atoms with van der Waals surface area (Å²) in [6.45, 7) is 8.51. The number of nitrogens with one attached hydrogen (secondary N) is 1. The molecule has 1 fully saturated rings. The first kappa shape index (κ1) is 35.7. The van der Waals surface area contributed by atoms with Crippen molar-refractivity contribution in [1.82, 2.24) is 10.2 Å². The summed E-state index contributed by atoms with van der Waals surface area (Å²) < 4.78 is 93.2. The van der Waals surface area contributed by atoms with Crippen LogP contribution in [0.3, 0.4) is 0 Å². The first-order chi connectivity index (χ1) is 20.9. The van der Waals surface area contributed by atoms with Crippen LogP contribution in [0, 0.1) is 0 Å². The van der Waals surface area contributed by atoms with E-state index in [0.29, 0.717) is 36.3 Å². The minimum Gasteiger partial charge on any atom is -0.491 e. The van der Waals surface area contributed by atoms with E-state index in [-0.39, 0.29) is 49.0 Å². The highest BCUT2D eigenvalue weighted by atomic mass is 19.4. The van der Waals surface area contributed by atoms with Crippen LogP contribution in [-0.2, 0) is 28.8 Å². The molecule has 1 unspecified atom stereocenters. The van der Waals surface area contributed by atoms with Crippen molar-refractivity contribution in [2.75, 3.05) is 13.2 Å². The number of carbonyl (C=O) groups is 2. The number of imide groups is 1. The monoisotopic (exact) mass is 644 g/mol. The minimum absolute atomic E-state index is 0.0369. The maximum Gasteiger partial charge on any atom is 0.430 e. The average Bonchev–Trinajstić information content (AvgIpc) is 3.15. The standard InChI is InChI=1S/C32H38F6N2O5/c1-6-10-21-18-24(30(43,31(33,34)35)32(36,37)38)19-22(11-7-2)26(21)44-17-9-8-16-40-27(41)29(5,39-28(40)42)23-12-14-25(15-13-23)45-20(3)4/h8-9,12-15,18-20,43H,6-7,10-11,16-17H2,1-5H3,(H,39,42)/b9-8-. The maximum atomic E-state index is 13.6. The Morgan fingerprint density at radius 1 is 0.933 bits per heavy atom. The van der Waals surface area contributed by atoms with Crippen molar-refractivity contribution in [1.29, 1.82) is 0 Å². The molecule has 1 heterocycles. The molecule has 13 heteroatoms. The van der Waals surface area contributed by atoms with E-state index in [1.165, 1.54) is 12.2 Å². The number of nitrogens with zero attached hydrogens (tertiary/aromatic N) is 1. The molecule has 1 aliphatic heterocycles. The topological polar surface area (TPSA) is 88.1 Å². The molecule has 0 bridgehead atoms. The number of aryl methyl sites for hydroxylation is 2. The molecule has 248 valence electrons. The molecule has 2 aromatic carbocycles. The van der Waals surface area contributed by atoms with Crippen LogP contribution in [0.1, 0.15) is 69.7 Å². The van der Waals surface area contributed by atoms with Gasteiger partial charge in [0.2, 0.25) is 0 Å². The van der Waals surface area contributed by atoms with Crippen LogP contribution in [-0.4, -0.2) is 53.6 Å². The Hall–Kier alpha value is -3.74. The molecular weight excluding hydrogens is 606 g/mol. The summed E-state index contributed by atoms with van der Waals surface area (Å²) in [5, 5.41) is 12.7. The SMILES string of the molecule is CCCc1cc(C(O)(C(F)(F)F)C(F)(F)F)cc(CCC)c1OC/C=C\CN1C(=O)NC(C)(c2ccc(OC(C)C)cc2)C1=O. The van der Waals surface area contributed by atoms with Crippen LogP contribution in [0.5, 0.6) is 11.5 Å². The van der Waals surface area contributed by atoms with Crippen molar-refractivity contribution < 1.29 is 50.5 Å². The second-order valence-electron chi connectivity index (χ2n) is 11.3. The van der Waals surface area contributed by atoms with Crippen molar-refractivity contribution in [3.05, 3.63) is 70.8 Å². The Kier molecular flexibility index (Phi) is 10.9. The zero-order valence-electron chi connectivity index (χ0n) is 25.7. The normalized spacial score (nSPS) is 17.8. The summed E-state index contributed by atoms with van der Waals surface area (Å²) in [5.74, 6) is 0.263. The average molecular weight is 645 g/mol. The zero-order chi connectivity index (χ0) is 33.8. The Bertz CT molecular complexity index is 1350. The molecule has 0 saturated carbocycles. The van der Waals surface area contributed by atoms with Crippen molar-refractivity contribution in [2.24, 2.45) is 0 Å². The number of halogens is 6. The number of benzene rings is 2. The number of urea groups is 1. The van der Waals surface area contributed by atoms with Gasteiger partial charge in [0.15, 0.2) is 0 Å². The lowest BCUT2D eigenvalue weighted by atomic mass is 9.87. The van der Waals surface area contributed by atoms with E-state index in [4.69, 9.17) is 9.47 Å². The molecule has 1 atom stereocenters. The van der Waals surface area contributed by atoms with Crippen LogP contribution < -0.4 is 14.8 Å². The number of hydrogen-bond acceptors (Lipinski definition) is 5. The lowest BCUT2D eigenvalue weighted by Gasteiger charge is -2.33. The summed E-state index contributed by atoms with van der Waals surface area (Å²) in [7, 11) is 0. The predicted molar refractivity (Wildman–Crippen MR) is 155 cm³/mol. The fourth-order valence-electron chi connectivity index (χ4n) is 5.12. The Balaban J connectivity index is 1.79. The van der Waals surface area contributed by atoms with Crippen molar-refractivity contribution >= 4 is 11.9 Å². The molecule has 0 aromatic heterocycles. The second-order valence-corrected chi connectivity index (χ2v) is 11.3. The third-order valence-electron chi connectivity index (χ3n) is 7.38. The molecule has 2 aromatic rings. The number of aliphatic hydroxyl groups is 1. The number of amides is 3. The summed E-state index contributed by atoms with van der Waals surface area (Å²) >= 11 is 0. The molecule has 7 nitrogen and oxygen atoms in total. The number of ether oxygens (including phenoxy) is 2. The van der Waals surface area contributed by atoms with Gasteiger partial charge in [-0.05, 0) is 80.6 Å². The molecule has 0 spiro atoms. The summed E-state index contributed by atoms with van der Waals surface area (Å²) in [6.07, 6.45) is -8.09. The molecule has 45 heavy (non-hydrogen) atoms. The van der Waals surface area contributed by atoms with Crippen LogP contribution in [0.25, 0.3) is 0 Å². The largest absolute Gasteiger partial charge is 0.491 e. The molecule has 0 aliphatic carbocycles. The van der Waals surface area contributed by atoms with E-state index < -0.39 is 41.0 Å². The highest BCUT2D eigenvalue weighted by molar-refractivity contribution is 6.07. The van der Waals surface area contributed by atoms with E-state index >= 15 is 0 Å². The number of rotatable bonds is 13. The predicted octanol–water partition coefficient (Wildman–Crippen LogP) is 7.09. The summed E-state index contributed by atoms with van der Waals surface area (Å²) in [6, 6.07) is 7.58. The quantitative estimate of drug-likeness (QED) is 0.138. The van der Waals surface area contributed by atoms with Gasteiger partial charge in [-0.2, -0.15) is 26.3 Å². The fraction of sp³-hybridized carbons (Fsp3) is 0.500.